The molecule has 0 saturated heterocycles. The summed E-state index contributed by atoms with van der Waals surface area (Å²) in [5.74, 6) is 0.177. The Morgan fingerprint density at radius 1 is 1.86 bits per heavy atom. The molecule has 0 aromatic heterocycles. The molecule has 0 bridgehead atoms. The normalized spacial score (nSPS) is 14.0. The van der Waals surface area contributed by atoms with Gasteiger partial charge in [-0.05, 0) is 0 Å². The second-order valence-corrected chi connectivity index (χ2v) is 2.04. The van der Waals surface area contributed by atoms with E-state index >= 15 is 0 Å². The minimum Gasteiger partial charge on any atom is -0.329 e. The zero-order valence-corrected chi connectivity index (χ0v) is 4.48. The van der Waals surface area contributed by atoms with Crippen molar-refractivity contribution in [2.45, 2.75) is 0 Å². The van der Waals surface area contributed by atoms with E-state index < -0.39 is 11.1 Å². The van der Waals surface area contributed by atoms with Gasteiger partial charge in [-0.15, -0.1) is 4.33 Å². The molecule has 0 rings (SSSR count). The molecule has 0 heterocycles. The third kappa shape index (κ3) is 3.87. The van der Waals surface area contributed by atoms with Gasteiger partial charge in [-0.25, -0.2) is 9.47 Å². The first-order valence-electron chi connectivity index (χ1n) is 1.71. The van der Waals surface area contributed by atoms with Crippen LogP contribution in [-0.4, -0.2) is 21.8 Å². The van der Waals surface area contributed by atoms with Gasteiger partial charge in [0.05, 0.1) is 5.75 Å². The minimum absolute atomic E-state index is 0.177. The van der Waals surface area contributed by atoms with Gasteiger partial charge in [0.15, 0.2) is 11.1 Å². The van der Waals surface area contributed by atoms with Crippen LogP contribution >= 0.6 is 0 Å². The van der Waals surface area contributed by atoms with Crippen LogP contribution in [0.2, 0.25) is 0 Å². The van der Waals surface area contributed by atoms with Crippen LogP contribution in [-0.2, 0) is 15.4 Å². The minimum atomic E-state index is -1.60. The lowest BCUT2D eigenvalue weighted by molar-refractivity contribution is -0.123. The van der Waals surface area contributed by atoms with E-state index in [9.17, 15) is 4.21 Å². The molecular formula is C2H7NO3S. The molecule has 1 atom stereocenters. The van der Waals surface area contributed by atoms with E-state index in [2.05, 4.69) is 4.33 Å². The van der Waals surface area contributed by atoms with Crippen molar-refractivity contribution in [3.05, 3.63) is 0 Å². The molecule has 0 saturated carbocycles. The summed E-state index contributed by atoms with van der Waals surface area (Å²) in [6.45, 7) is 0.257. The van der Waals surface area contributed by atoms with Gasteiger partial charge in [-0.1, -0.05) is 0 Å². The molecule has 0 aromatic rings. The van der Waals surface area contributed by atoms with Crippen molar-refractivity contribution >= 4 is 11.1 Å². The molecule has 0 amide bonds. The predicted molar refractivity (Wildman–Crippen MR) is 25.8 cm³/mol. The molecule has 44 valence electrons. The first-order chi connectivity index (χ1) is 3.31. The van der Waals surface area contributed by atoms with Crippen molar-refractivity contribution in [3.8, 4) is 0 Å². The van der Waals surface area contributed by atoms with Crippen molar-refractivity contribution in [1.82, 2.24) is 0 Å². The van der Waals surface area contributed by atoms with Crippen LogP contribution in [0.5, 0.6) is 0 Å². The van der Waals surface area contributed by atoms with E-state index in [1.807, 2.05) is 0 Å². The Bertz CT molecular complexity index is 66.0. The van der Waals surface area contributed by atoms with Crippen LogP contribution in [0.1, 0.15) is 0 Å². The van der Waals surface area contributed by atoms with E-state index in [4.69, 9.17) is 11.0 Å². The number of hydrogen-bond acceptors (Lipinski definition) is 4. The highest BCUT2D eigenvalue weighted by Gasteiger charge is 1.92. The Hall–Kier alpha value is 0.0300. The standard InChI is InChI=1S/C2H7NO3S/c3-1-2-7(5)6-4/h4H,1-3H2. The summed E-state index contributed by atoms with van der Waals surface area (Å²) in [6.07, 6.45) is 0. The highest BCUT2D eigenvalue weighted by atomic mass is 32.2. The molecule has 1 unspecified atom stereocenters. The fourth-order valence-electron chi connectivity index (χ4n) is 0.133. The average molecular weight is 125 g/mol. The zero-order chi connectivity index (χ0) is 5.70. The summed E-state index contributed by atoms with van der Waals surface area (Å²) >= 11 is -1.60. The van der Waals surface area contributed by atoms with Gasteiger partial charge in [0.25, 0.3) is 0 Å². The molecule has 0 aliphatic heterocycles. The van der Waals surface area contributed by atoms with E-state index in [0.717, 1.165) is 0 Å². The molecule has 7 heavy (non-hydrogen) atoms. The highest BCUT2D eigenvalue weighted by Crippen LogP contribution is 1.75. The summed E-state index contributed by atoms with van der Waals surface area (Å²) in [5, 5.41) is 7.61. The summed E-state index contributed by atoms with van der Waals surface area (Å²) in [6, 6.07) is 0. The molecule has 5 heteroatoms. The van der Waals surface area contributed by atoms with Crippen LogP contribution in [0.3, 0.4) is 0 Å². The molecule has 4 nitrogen and oxygen atoms in total. The largest absolute Gasteiger partial charge is 0.329 e. The molecule has 3 N–H and O–H groups in total. The maximum atomic E-state index is 9.97. The summed E-state index contributed by atoms with van der Waals surface area (Å²) in [7, 11) is 0. The van der Waals surface area contributed by atoms with Crippen LogP contribution in [0.4, 0.5) is 0 Å². The van der Waals surface area contributed by atoms with Gasteiger partial charge in [0, 0.05) is 6.54 Å². The van der Waals surface area contributed by atoms with E-state index in [1.54, 1.807) is 0 Å². The van der Waals surface area contributed by atoms with Gasteiger partial charge in [-0.3, -0.25) is 0 Å². The Labute approximate surface area is 43.9 Å². The van der Waals surface area contributed by atoms with Crippen LogP contribution in [0, 0.1) is 0 Å². The summed E-state index contributed by atoms with van der Waals surface area (Å²) in [4.78, 5) is 0. The lowest BCUT2D eigenvalue weighted by atomic mass is 10.8. The summed E-state index contributed by atoms with van der Waals surface area (Å²) in [5.41, 5.74) is 4.92. The second kappa shape index (κ2) is 4.20. The summed E-state index contributed by atoms with van der Waals surface area (Å²) < 4.78 is 13.4. The van der Waals surface area contributed by atoms with Crippen molar-refractivity contribution in [1.29, 1.82) is 0 Å². The lowest BCUT2D eigenvalue weighted by Gasteiger charge is -1.88. The topological polar surface area (TPSA) is 72.6 Å². The second-order valence-electron chi connectivity index (χ2n) is 0.871. The van der Waals surface area contributed by atoms with Crippen molar-refractivity contribution in [2.24, 2.45) is 5.73 Å². The first kappa shape index (κ1) is 7.03. The monoisotopic (exact) mass is 125 g/mol. The van der Waals surface area contributed by atoms with Gasteiger partial charge < -0.3 is 5.73 Å². The number of nitrogens with two attached hydrogens (primary N) is 1. The van der Waals surface area contributed by atoms with Crippen molar-refractivity contribution in [2.75, 3.05) is 12.3 Å². The lowest BCUT2D eigenvalue weighted by Crippen LogP contribution is -2.10. The van der Waals surface area contributed by atoms with Crippen LogP contribution in [0.25, 0.3) is 0 Å². The fourth-order valence-corrected chi connectivity index (χ4v) is 0.400. The predicted octanol–water partition coefficient (Wildman–Crippen LogP) is -0.902. The van der Waals surface area contributed by atoms with E-state index in [-0.39, 0.29) is 12.3 Å². The Balaban J connectivity index is 3.00. The molecular weight excluding hydrogens is 118 g/mol. The maximum Gasteiger partial charge on any atom is 0.188 e. The van der Waals surface area contributed by atoms with Crippen LogP contribution < -0.4 is 5.73 Å². The molecule has 0 radical (unpaired) electrons. The number of rotatable bonds is 3. The average Bonchev–Trinajstić information content (AvgIpc) is 1.68. The fraction of sp³-hybridized carbons (Fsp3) is 1.00. The maximum absolute atomic E-state index is 9.97. The highest BCUT2D eigenvalue weighted by molar-refractivity contribution is 7.80. The molecule has 0 aliphatic rings. The van der Waals surface area contributed by atoms with E-state index in [0.29, 0.717) is 0 Å². The molecule has 0 fully saturated rings. The molecule has 0 aliphatic carbocycles. The first-order valence-corrected chi connectivity index (χ1v) is 2.96. The smallest absolute Gasteiger partial charge is 0.188 e. The Morgan fingerprint density at radius 3 is 2.57 bits per heavy atom. The van der Waals surface area contributed by atoms with Crippen molar-refractivity contribution < 1.29 is 13.8 Å². The zero-order valence-electron chi connectivity index (χ0n) is 3.66. The van der Waals surface area contributed by atoms with Crippen LogP contribution in [0.15, 0.2) is 0 Å². The Kier molecular flexibility index (Phi) is 4.21. The van der Waals surface area contributed by atoms with Gasteiger partial charge in [-0.2, -0.15) is 0 Å². The van der Waals surface area contributed by atoms with Gasteiger partial charge >= 0.3 is 0 Å². The quantitative estimate of drug-likeness (QED) is 0.378. The third-order valence-corrected chi connectivity index (χ3v) is 1.10. The Morgan fingerprint density at radius 2 is 2.43 bits per heavy atom. The SMILES string of the molecule is NCCS(=O)OO. The number of hydrogen-bond donors (Lipinski definition) is 2. The third-order valence-electron chi connectivity index (χ3n) is 0.368. The van der Waals surface area contributed by atoms with Gasteiger partial charge in [0.2, 0.25) is 0 Å². The molecule has 0 spiro atoms. The van der Waals surface area contributed by atoms with Crippen molar-refractivity contribution in [3.63, 3.8) is 0 Å². The molecule has 0 aromatic carbocycles. The van der Waals surface area contributed by atoms with Gasteiger partial charge in [0.1, 0.15) is 0 Å². The van der Waals surface area contributed by atoms with E-state index in [1.165, 1.54) is 0 Å².